The minimum atomic E-state index is -0.0564. The lowest BCUT2D eigenvalue weighted by Crippen LogP contribution is -2.64. The number of fused-ring (bicyclic) bond motifs is 10. The van der Waals surface area contributed by atoms with Crippen LogP contribution in [0.5, 0.6) is 0 Å². The third-order valence-corrected chi connectivity index (χ3v) is 16.9. The fraction of sp³-hybridized carbons (Fsp3) is 0.333. The molecule has 7 aromatic carbocycles. The van der Waals surface area contributed by atoms with E-state index in [1.54, 1.807) is 5.56 Å². The number of aryl methyl sites for hydroxylation is 1. The lowest BCUT2D eigenvalue weighted by molar-refractivity contribution is 0.195. The predicted molar refractivity (Wildman–Crippen MR) is 291 cm³/mol. The highest BCUT2D eigenvalue weighted by atomic mass is 16.3. The van der Waals surface area contributed by atoms with Crippen molar-refractivity contribution in [3.05, 3.63) is 161 Å². The Hall–Kier alpha value is -6.20. The van der Waals surface area contributed by atoms with Gasteiger partial charge in [-0.05, 0) is 154 Å². The van der Waals surface area contributed by atoms with Crippen molar-refractivity contribution in [1.29, 1.82) is 0 Å². The standard InChI is InChI=1S/C63H66BN3O/c1-39-33-53-57-54(34-39)67-58-49(62(11)31-15-16-32-63(62,67)12)35-42(61(8,9)10)36-51(58)64(57)50-30-28-45(37-52(50)66(53)46-27-29-48-47-17-13-14-18-55(47)68-56(48)38-46)65(43-23-19-40(20-24-43)59(2,3)4)44-25-21-41(22-26-44)60(5,6)7/h13-14,17-30,33-38H,15-16,31-32H2,1-12H3. The summed E-state index contributed by atoms with van der Waals surface area (Å²) in [6, 6.07) is 51.4. The van der Waals surface area contributed by atoms with E-state index in [0.29, 0.717) is 0 Å². The van der Waals surface area contributed by atoms with Crippen molar-refractivity contribution in [2.75, 3.05) is 14.7 Å². The van der Waals surface area contributed by atoms with Crippen LogP contribution in [0.3, 0.4) is 0 Å². The van der Waals surface area contributed by atoms with Gasteiger partial charge in [0.05, 0.1) is 5.54 Å². The topological polar surface area (TPSA) is 22.9 Å². The Morgan fingerprint density at radius 1 is 0.544 bits per heavy atom. The van der Waals surface area contributed by atoms with Crippen LogP contribution >= 0.6 is 0 Å². The molecule has 1 aromatic heterocycles. The third-order valence-electron chi connectivity index (χ3n) is 16.9. The predicted octanol–water partition coefficient (Wildman–Crippen LogP) is 15.6. The number of nitrogens with zero attached hydrogens (tertiary/aromatic N) is 3. The maximum Gasteiger partial charge on any atom is 0.252 e. The van der Waals surface area contributed by atoms with Gasteiger partial charge in [0, 0.05) is 67.8 Å². The van der Waals surface area contributed by atoms with Crippen molar-refractivity contribution in [2.24, 2.45) is 0 Å². The summed E-state index contributed by atoms with van der Waals surface area (Å²) in [6.07, 6.45) is 4.89. The number of para-hydroxylation sites is 1. The first-order valence-corrected chi connectivity index (χ1v) is 25.2. The van der Waals surface area contributed by atoms with Crippen LogP contribution in [0.4, 0.5) is 45.5 Å². The molecule has 8 aromatic rings. The summed E-state index contributed by atoms with van der Waals surface area (Å²) in [4.78, 5) is 7.90. The van der Waals surface area contributed by atoms with Crippen LogP contribution in [0, 0.1) is 6.92 Å². The van der Waals surface area contributed by atoms with Gasteiger partial charge in [0.2, 0.25) is 0 Å². The number of rotatable bonds is 4. The van der Waals surface area contributed by atoms with Gasteiger partial charge in [-0.15, -0.1) is 0 Å². The lowest BCUT2D eigenvalue weighted by Gasteiger charge is -2.52. The molecule has 5 heteroatoms. The van der Waals surface area contributed by atoms with Crippen molar-refractivity contribution in [3.63, 3.8) is 0 Å². The summed E-state index contributed by atoms with van der Waals surface area (Å²) in [6.45, 7) is 28.5. The molecule has 0 saturated heterocycles. The van der Waals surface area contributed by atoms with Gasteiger partial charge in [0.25, 0.3) is 6.71 Å². The second-order valence-electron chi connectivity index (χ2n) is 24.3. The Balaban J connectivity index is 1.15. The minimum Gasteiger partial charge on any atom is -0.456 e. The van der Waals surface area contributed by atoms with Crippen molar-refractivity contribution >= 4 is 90.5 Å². The Morgan fingerprint density at radius 2 is 1.15 bits per heavy atom. The smallest absolute Gasteiger partial charge is 0.252 e. The quantitative estimate of drug-likeness (QED) is 0.164. The molecule has 12 rings (SSSR count). The highest BCUT2D eigenvalue weighted by Gasteiger charge is 2.61. The second kappa shape index (κ2) is 14.4. The summed E-state index contributed by atoms with van der Waals surface area (Å²) >= 11 is 0. The van der Waals surface area contributed by atoms with E-state index in [0.717, 1.165) is 44.7 Å². The maximum atomic E-state index is 6.68. The Kier molecular flexibility index (Phi) is 9.14. The summed E-state index contributed by atoms with van der Waals surface area (Å²) in [5.41, 5.74) is 22.7. The first-order chi connectivity index (χ1) is 32.2. The van der Waals surface area contributed by atoms with E-state index >= 15 is 0 Å². The van der Waals surface area contributed by atoms with Crippen LogP contribution in [0.15, 0.2) is 138 Å². The highest BCUT2D eigenvalue weighted by molar-refractivity contribution is 7.00. The molecule has 0 bridgehead atoms. The van der Waals surface area contributed by atoms with Gasteiger partial charge in [-0.3, -0.25) is 0 Å². The van der Waals surface area contributed by atoms with Gasteiger partial charge >= 0.3 is 0 Å². The van der Waals surface area contributed by atoms with Gasteiger partial charge in [-0.1, -0.05) is 143 Å². The number of hydrogen-bond donors (Lipinski definition) is 0. The molecule has 342 valence electrons. The van der Waals surface area contributed by atoms with Crippen LogP contribution in [0.1, 0.15) is 130 Å². The molecule has 0 spiro atoms. The van der Waals surface area contributed by atoms with E-state index in [1.807, 2.05) is 0 Å². The zero-order chi connectivity index (χ0) is 47.4. The monoisotopic (exact) mass is 892 g/mol. The molecule has 4 nitrogen and oxygen atoms in total. The first-order valence-electron chi connectivity index (χ1n) is 25.2. The molecule has 2 unspecified atom stereocenters. The molecule has 68 heavy (non-hydrogen) atoms. The van der Waals surface area contributed by atoms with Gasteiger partial charge in [0.1, 0.15) is 11.2 Å². The largest absolute Gasteiger partial charge is 0.456 e. The first kappa shape index (κ1) is 43.1. The molecule has 1 fully saturated rings. The Bertz CT molecular complexity index is 3300. The highest BCUT2D eigenvalue weighted by Crippen LogP contribution is 2.62. The zero-order valence-electron chi connectivity index (χ0n) is 42.4. The van der Waals surface area contributed by atoms with E-state index in [2.05, 4.69) is 231 Å². The normalized spacial score (nSPS) is 19.6. The third kappa shape index (κ3) is 6.19. The molecular formula is C63H66BN3O. The number of hydrogen-bond acceptors (Lipinski definition) is 4. The van der Waals surface area contributed by atoms with Crippen molar-refractivity contribution < 1.29 is 4.42 Å². The molecule has 0 radical (unpaired) electrons. The molecule has 1 saturated carbocycles. The second-order valence-corrected chi connectivity index (χ2v) is 24.3. The van der Waals surface area contributed by atoms with Gasteiger partial charge in [-0.25, -0.2) is 0 Å². The Morgan fingerprint density at radius 3 is 1.81 bits per heavy atom. The molecule has 1 aliphatic carbocycles. The average Bonchev–Trinajstić information content (AvgIpc) is 3.76. The summed E-state index contributed by atoms with van der Waals surface area (Å²) in [5, 5.41) is 2.29. The molecule has 0 amide bonds. The zero-order valence-corrected chi connectivity index (χ0v) is 42.4. The minimum absolute atomic E-state index is 0.0161. The van der Waals surface area contributed by atoms with Crippen LogP contribution < -0.4 is 31.1 Å². The van der Waals surface area contributed by atoms with Crippen LogP contribution in [-0.4, -0.2) is 12.3 Å². The lowest BCUT2D eigenvalue weighted by atomic mass is 9.33. The summed E-state index contributed by atoms with van der Waals surface area (Å²) in [5.74, 6) is 0. The molecule has 4 aliphatic rings. The van der Waals surface area contributed by atoms with E-state index in [-0.39, 0.29) is 33.9 Å². The molecule has 0 N–H and O–H groups in total. The van der Waals surface area contributed by atoms with E-state index < -0.39 is 0 Å². The maximum absolute atomic E-state index is 6.68. The number of benzene rings is 7. The van der Waals surface area contributed by atoms with Crippen LogP contribution in [0.25, 0.3) is 21.9 Å². The van der Waals surface area contributed by atoms with Crippen molar-refractivity contribution in [1.82, 2.24) is 0 Å². The SMILES string of the molecule is Cc1cc2c3c(c1)N1c4c(cc(C(C)(C)C)cc4C4(C)CCCCC14C)B3c1ccc(N(c3ccc(C(C)(C)C)cc3)c3ccc(C(C)(C)C)cc3)cc1N2c1ccc2c(c1)oc1ccccc12. The fourth-order valence-corrected chi connectivity index (χ4v) is 12.8. The number of anilines is 8. The Labute approximate surface area is 405 Å². The van der Waals surface area contributed by atoms with Crippen LogP contribution in [0.2, 0.25) is 0 Å². The van der Waals surface area contributed by atoms with E-state index in [9.17, 15) is 0 Å². The van der Waals surface area contributed by atoms with E-state index in [4.69, 9.17) is 4.42 Å². The van der Waals surface area contributed by atoms with Crippen LogP contribution in [-0.2, 0) is 21.7 Å². The van der Waals surface area contributed by atoms with E-state index in [1.165, 1.54) is 87.1 Å². The van der Waals surface area contributed by atoms with Gasteiger partial charge in [0.15, 0.2) is 0 Å². The number of furan rings is 1. The molecule has 3 aliphatic heterocycles. The van der Waals surface area contributed by atoms with Gasteiger partial charge in [-0.2, -0.15) is 0 Å². The molecule has 2 atom stereocenters. The molecule has 4 heterocycles. The van der Waals surface area contributed by atoms with Gasteiger partial charge < -0.3 is 19.1 Å². The molecular weight excluding hydrogens is 826 g/mol. The van der Waals surface area contributed by atoms with Crippen molar-refractivity contribution in [2.45, 2.75) is 136 Å². The summed E-state index contributed by atoms with van der Waals surface area (Å²) in [7, 11) is 0. The summed E-state index contributed by atoms with van der Waals surface area (Å²) < 4.78 is 6.68. The fourth-order valence-electron chi connectivity index (χ4n) is 12.8. The average molecular weight is 892 g/mol. The van der Waals surface area contributed by atoms with Crippen molar-refractivity contribution in [3.8, 4) is 0 Å².